The van der Waals surface area contributed by atoms with Crippen LogP contribution in [-0.2, 0) is 0 Å². The normalized spacial score (nSPS) is 13.4. The Morgan fingerprint density at radius 1 is 1.29 bits per heavy atom. The van der Waals surface area contributed by atoms with Crippen LogP contribution in [0.3, 0.4) is 0 Å². The Morgan fingerprint density at radius 2 is 1.95 bits per heavy atom. The Kier molecular flexibility index (Phi) is 3.80. The Hall–Kier alpha value is -2.25. The van der Waals surface area contributed by atoms with Crippen molar-refractivity contribution in [2.24, 2.45) is 0 Å². The second-order valence-electron chi connectivity index (χ2n) is 4.36. The third kappa shape index (κ3) is 2.79. The molecule has 0 spiro atoms. The van der Waals surface area contributed by atoms with Crippen LogP contribution in [0.25, 0.3) is 0 Å². The fourth-order valence-electron chi connectivity index (χ4n) is 1.85. The minimum absolute atomic E-state index is 0.0656. The van der Waals surface area contributed by atoms with E-state index in [0.717, 1.165) is 6.07 Å². The number of rotatable bonds is 5. The van der Waals surface area contributed by atoms with Crippen LogP contribution in [0.15, 0.2) is 26.1 Å². The molecule has 0 aliphatic carbocycles. The molecule has 1 unspecified atom stereocenters. The quantitative estimate of drug-likeness (QED) is 0.858. The Bertz CT molecular complexity index is 710. The zero-order chi connectivity index (χ0) is 15.8. The van der Waals surface area contributed by atoms with Gasteiger partial charge in [0.05, 0.1) is 6.61 Å². The molecule has 0 fully saturated rings. The summed E-state index contributed by atoms with van der Waals surface area (Å²) in [6.07, 6.45) is -4.70. The molecule has 0 radical (unpaired) electrons. The minimum atomic E-state index is -4.70. The van der Waals surface area contributed by atoms with Crippen molar-refractivity contribution in [1.82, 2.24) is 0 Å². The number of ether oxygens (including phenoxy) is 1. The third-order valence-corrected chi connectivity index (χ3v) is 2.82. The van der Waals surface area contributed by atoms with E-state index < -0.39 is 34.5 Å². The molecule has 8 heteroatoms. The summed E-state index contributed by atoms with van der Waals surface area (Å²) in [6.45, 7) is 3.12. The van der Waals surface area contributed by atoms with Crippen molar-refractivity contribution in [2.75, 3.05) is 11.9 Å². The maximum atomic E-state index is 13.1. The summed E-state index contributed by atoms with van der Waals surface area (Å²) in [5.74, 6) is -0.466. The highest BCUT2D eigenvalue weighted by Crippen LogP contribution is 2.37. The van der Waals surface area contributed by atoms with Crippen LogP contribution in [0.1, 0.15) is 24.5 Å². The molecule has 0 aliphatic heterocycles. The molecule has 0 aliphatic rings. The van der Waals surface area contributed by atoms with Gasteiger partial charge < -0.3 is 14.5 Å². The third-order valence-electron chi connectivity index (χ3n) is 2.82. The van der Waals surface area contributed by atoms with E-state index in [1.54, 1.807) is 6.92 Å². The summed E-state index contributed by atoms with van der Waals surface area (Å²) in [5.41, 5.74) is -2.44. The van der Waals surface area contributed by atoms with Gasteiger partial charge in [-0.25, -0.2) is 0 Å². The smallest absolute Gasteiger partial charge is 0.415 e. The number of furan rings is 1. The standard InChI is InChI=1S/C13H12F3NO4/c1-3-20-11-8(9(18)10(11)19)17-12(13(14,15)16)7-5-4-6(2)21-7/h4-5,12,17H,3H2,1-2H3. The molecular formula is C13H12F3NO4. The summed E-state index contributed by atoms with van der Waals surface area (Å²) in [7, 11) is 0. The second kappa shape index (κ2) is 5.27. The van der Waals surface area contributed by atoms with Gasteiger partial charge in [-0.1, -0.05) is 0 Å². The molecule has 114 valence electrons. The predicted molar refractivity (Wildman–Crippen MR) is 68.4 cm³/mol. The van der Waals surface area contributed by atoms with E-state index in [9.17, 15) is 22.8 Å². The Morgan fingerprint density at radius 3 is 2.43 bits per heavy atom. The summed E-state index contributed by atoms with van der Waals surface area (Å²) in [6, 6.07) is 0.307. The van der Waals surface area contributed by atoms with Crippen molar-refractivity contribution in [3.05, 3.63) is 44.1 Å². The molecule has 2 rings (SSSR count). The van der Waals surface area contributed by atoms with E-state index in [4.69, 9.17) is 9.15 Å². The van der Waals surface area contributed by atoms with E-state index >= 15 is 0 Å². The molecule has 1 aromatic carbocycles. The fourth-order valence-corrected chi connectivity index (χ4v) is 1.85. The second-order valence-corrected chi connectivity index (χ2v) is 4.36. The van der Waals surface area contributed by atoms with Crippen LogP contribution in [0.5, 0.6) is 5.75 Å². The summed E-state index contributed by atoms with van der Waals surface area (Å²) < 4.78 is 49.1. The van der Waals surface area contributed by atoms with Gasteiger partial charge in [0, 0.05) is 0 Å². The summed E-state index contributed by atoms with van der Waals surface area (Å²) in [5, 5.41) is 2.00. The average molecular weight is 303 g/mol. The van der Waals surface area contributed by atoms with E-state index in [2.05, 4.69) is 0 Å². The summed E-state index contributed by atoms with van der Waals surface area (Å²) in [4.78, 5) is 22.7. The van der Waals surface area contributed by atoms with E-state index in [0.29, 0.717) is 5.76 Å². The van der Waals surface area contributed by atoms with Crippen LogP contribution < -0.4 is 20.9 Å². The molecule has 21 heavy (non-hydrogen) atoms. The molecular weight excluding hydrogens is 291 g/mol. The Labute approximate surface area is 117 Å². The van der Waals surface area contributed by atoms with Crippen molar-refractivity contribution in [3.8, 4) is 5.75 Å². The van der Waals surface area contributed by atoms with Crippen molar-refractivity contribution in [2.45, 2.75) is 26.1 Å². The van der Waals surface area contributed by atoms with Crippen molar-refractivity contribution in [3.63, 3.8) is 0 Å². The molecule has 5 nitrogen and oxygen atoms in total. The van der Waals surface area contributed by atoms with Crippen LogP contribution >= 0.6 is 0 Å². The molecule has 2 aromatic rings. The predicted octanol–water partition coefficient (Wildman–Crippen LogP) is 2.30. The van der Waals surface area contributed by atoms with Gasteiger partial charge in [-0.3, -0.25) is 9.59 Å². The lowest BCUT2D eigenvalue weighted by Crippen LogP contribution is -2.39. The van der Waals surface area contributed by atoms with Crippen molar-refractivity contribution in [1.29, 1.82) is 0 Å². The van der Waals surface area contributed by atoms with Crippen LogP contribution in [0.2, 0.25) is 0 Å². The van der Waals surface area contributed by atoms with Crippen molar-refractivity contribution >= 4 is 5.69 Å². The number of hydrogen-bond acceptors (Lipinski definition) is 5. The first kappa shape index (κ1) is 15.1. The lowest BCUT2D eigenvalue weighted by atomic mass is 10.1. The number of alkyl halides is 3. The largest absolute Gasteiger partial charge is 0.488 e. The zero-order valence-electron chi connectivity index (χ0n) is 11.2. The first-order valence-electron chi connectivity index (χ1n) is 6.11. The monoisotopic (exact) mass is 303 g/mol. The fraction of sp³-hybridized carbons (Fsp3) is 0.385. The highest BCUT2D eigenvalue weighted by molar-refractivity contribution is 5.62. The first-order valence-corrected chi connectivity index (χ1v) is 6.11. The van der Waals surface area contributed by atoms with Crippen LogP contribution in [-0.4, -0.2) is 12.8 Å². The number of anilines is 1. The Balaban J connectivity index is 2.35. The van der Waals surface area contributed by atoms with Gasteiger partial charge in [-0.2, -0.15) is 13.2 Å². The molecule has 0 bridgehead atoms. The van der Waals surface area contributed by atoms with E-state index in [1.165, 1.54) is 13.0 Å². The van der Waals surface area contributed by atoms with Crippen LogP contribution in [0.4, 0.5) is 18.9 Å². The van der Waals surface area contributed by atoms with Crippen LogP contribution in [0, 0.1) is 6.92 Å². The van der Waals surface area contributed by atoms with Gasteiger partial charge in [0.25, 0.3) is 10.9 Å². The number of nitrogens with one attached hydrogen (secondary N) is 1. The maximum absolute atomic E-state index is 13.1. The van der Waals surface area contributed by atoms with Crippen molar-refractivity contribution < 1.29 is 22.3 Å². The van der Waals surface area contributed by atoms with Gasteiger partial charge in [-0.15, -0.1) is 0 Å². The number of hydrogen-bond donors (Lipinski definition) is 1. The lowest BCUT2D eigenvalue weighted by molar-refractivity contribution is -0.147. The number of aryl methyl sites for hydroxylation is 1. The lowest BCUT2D eigenvalue weighted by Gasteiger charge is -2.22. The highest BCUT2D eigenvalue weighted by atomic mass is 19.4. The summed E-state index contributed by atoms with van der Waals surface area (Å²) >= 11 is 0. The highest BCUT2D eigenvalue weighted by Gasteiger charge is 2.44. The molecule has 1 atom stereocenters. The maximum Gasteiger partial charge on any atom is 0.415 e. The van der Waals surface area contributed by atoms with Gasteiger partial charge in [0.2, 0.25) is 0 Å². The molecule has 0 saturated heterocycles. The average Bonchev–Trinajstić information content (AvgIpc) is 2.82. The molecule has 1 heterocycles. The zero-order valence-corrected chi connectivity index (χ0v) is 11.2. The van der Waals surface area contributed by atoms with Gasteiger partial charge in [-0.05, 0) is 26.0 Å². The SMILES string of the molecule is CCOc1c(NC(c2ccc(C)o2)C(F)(F)F)c(=O)c1=O. The molecule has 1 N–H and O–H groups in total. The van der Waals surface area contributed by atoms with Gasteiger partial charge in [0.1, 0.15) is 17.2 Å². The molecule has 0 saturated carbocycles. The molecule has 0 amide bonds. The van der Waals surface area contributed by atoms with E-state index in [-0.39, 0.29) is 12.4 Å². The minimum Gasteiger partial charge on any atom is -0.488 e. The number of halogens is 3. The first-order chi connectivity index (χ1) is 9.75. The molecule has 1 aromatic heterocycles. The van der Waals surface area contributed by atoms with Gasteiger partial charge >= 0.3 is 6.18 Å². The topological polar surface area (TPSA) is 68.5 Å². The van der Waals surface area contributed by atoms with Gasteiger partial charge in [0.15, 0.2) is 11.8 Å². The van der Waals surface area contributed by atoms with E-state index in [1.807, 2.05) is 5.32 Å².